The highest BCUT2D eigenvalue weighted by molar-refractivity contribution is 5.54. The van der Waals surface area contributed by atoms with Gasteiger partial charge in [0.1, 0.15) is 0 Å². The number of nitrogens with zero attached hydrogens (tertiary/aromatic N) is 2. The van der Waals surface area contributed by atoms with Crippen LogP contribution >= 0.6 is 0 Å². The zero-order chi connectivity index (χ0) is 14.2. The molecule has 1 aliphatic carbocycles. The number of fused-ring (bicyclic) bond motifs is 1. The third-order valence-electron chi connectivity index (χ3n) is 5.07. The fourth-order valence-electron chi connectivity index (χ4n) is 3.83. The lowest BCUT2D eigenvalue weighted by molar-refractivity contribution is 0.302. The second-order valence-corrected chi connectivity index (χ2v) is 6.25. The second kappa shape index (κ2) is 5.26. The summed E-state index contributed by atoms with van der Waals surface area (Å²) in [6.45, 7) is 3.25. The molecule has 1 N–H and O–H groups in total. The molecule has 1 saturated heterocycles. The summed E-state index contributed by atoms with van der Waals surface area (Å²) in [6, 6.07) is 8.67. The first-order valence-electron chi connectivity index (χ1n) is 8.01. The van der Waals surface area contributed by atoms with Crippen molar-refractivity contribution >= 4 is 0 Å². The van der Waals surface area contributed by atoms with Crippen LogP contribution in [-0.4, -0.2) is 16.7 Å². The molecular formula is C17H21N3O. The topological polar surface area (TPSA) is 51.0 Å². The van der Waals surface area contributed by atoms with Crippen molar-refractivity contribution in [1.29, 1.82) is 0 Å². The van der Waals surface area contributed by atoms with Crippen LogP contribution in [0.2, 0.25) is 0 Å². The summed E-state index contributed by atoms with van der Waals surface area (Å²) >= 11 is 0. The molecule has 0 amide bonds. The molecule has 0 spiro atoms. The van der Waals surface area contributed by atoms with Crippen molar-refractivity contribution in [2.75, 3.05) is 6.54 Å². The van der Waals surface area contributed by atoms with Gasteiger partial charge in [-0.1, -0.05) is 42.8 Å². The Kier molecular flexibility index (Phi) is 3.26. The third kappa shape index (κ3) is 2.27. The van der Waals surface area contributed by atoms with Crippen molar-refractivity contribution in [3.63, 3.8) is 0 Å². The maximum absolute atomic E-state index is 5.54. The molecule has 2 aliphatic rings. The minimum atomic E-state index is 0.258. The Hall–Kier alpha value is -1.68. The predicted octanol–water partition coefficient (Wildman–Crippen LogP) is 3.36. The van der Waals surface area contributed by atoms with Crippen LogP contribution in [0.4, 0.5) is 0 Å². The molecule has 110 valence electrons. The Balaban J connectivity index is 1.57. The predicted molar refractivity (Wildman–Crippen MR) is 80.7 cm³/mol. The molecule has 4 rings (SSSR count). The van der Waals surface area contributed by atoms with E-state index in [9.17, 15) is 0 Å². The first-order chi connectivity index (χ1) is 10.3. The number of rotatable bonds is 3. The highest BCUT2D eigenvalue weighted by atomic mass is 16.5. The van der Waals surface area contributed by atoms with Gasteiger partial charge in [-0.3, -0.25) is 0 Å². The lowest BCUT2D eigenvalue weighted by atomic mass is 9.94. The van der Waals surface area contributed by atoms with E-state index in [1.807, 2.05) is 0 Å². The molecule has 0 radical (unpaired) electrons. The average molecular weight is 283 g/mol. The Morgan fingerprint density at radius 3 is 2.90 bits per heavy atom. The lowest BCUT2D eigenvalue weighted by Crippen LogP contribution is -2.18. The molecule has 3 unspecified atom stereocenters. The Labute approximate surface area is 124 Å². The molecule has 2 fully saturated rings. The van der Waals surface area contributed by atoms with E-state index in [-0.39, 0.29) is 6.04 Å². The van der Waals surface area contributed by atoms with Crippen molar-refractivity contribution in [2.24, 2.45) is 11.8 Å². The van der Waals surface area contributed by atoms with Crippen molar-refractivity contribution in [2.45, 2.75) is 38.6 Å². The summed E-state index contributed by atoms with van der Waals surface area (Å²) in [5.41, 5.74) is 2.36. The van der Waals surface area contributed by atoms with E-state index in [1.54, 1.807) is 0 Å². The van der Waals surface area contributed by atoms with E-state index in [0.717, 1.165) is 30.3 Å². The highest BCUT2D eigenvalue weighted by Crippen LogP contribution is 2.44. The fraction of sp³-hybridized carbons (Fsp3) is 0.529. The van der Waals surface area contributed by atoms with Crippen LogP contribution in [0.1, 0.15) is 43.7 Å². The van der Waals surface area contributed by atoms with Crippen LogP contribution in [0.25, 0.3) is 11.4 Å². The smallest absolute Gasteiger partial charge is 0.244 e. The molecule has 1 aromatic carbocycles. The quantitative estimate of drug-likeness (QED) is 0.938. The minimum absolute atomic E-state index is 0.258. The van der Waals surface area contributed by atoms with Crippen molar-refractivity contribution < 1.29 is 4.52 Å². The van der Waals surface area contributed by atoms with Crippen molar-refractivity contribution in [3.05, 3.63) is 35.7 Å². The third-order valence-corrected chi connectivity index (χ3v) is 5.07. The number of aromatic nitrogens is 2. The zero-order valence-electron chi connectivity index (χ0n) is 12.4. The van der Waals surface area contributed by atoms with Gasteiger partial charge in [0.25, 0.3) is 0 Å². The molecule has 1 saturated carbocycles. The molecule has 1 aliphatic heterocycles. The molecule has 4 nitrogen and oxygen atoms in total. The summed E-state index contributed by atoms with van der Waals surface area (Å²) in [5, 5.41) is 7.74. The number of benzene rings is 1. The van der Waals surface area contributed by atoms with Gasteiger partial charge in [-0.05, 0) is 43.2 Å². The number of hydrogen-bond acceptors (Lipinski definition) is 4. The molecule has 2 aromatic rings. The standard InChI is InChI=1S/C17H21N3O/c1-2-11-6-8-12(9-7-11)16-19-17(21-20-16)15-14-5-3-4-13(14)10-18-15/h6-9,13-15,18H,2-5,10H2,1H3. The van der Waals surface area contributed by atoms with Crippen LogP contribution in [0.15, 0.2) is 28.8 Å². The molecule has 4 heteroatoms. The minimum Gasteiger partial charge on any atom is -0.337 e. The monoisotopic (exact) mass is 283 g/mol. The van der Waals surface area contributed by atoms with E-state index in [1.165, 1.54) is 24.8 Å². The fourth-order valence-corrected chi connectivity index (χ4v) is 3.83. The zero-order valence-corrected chi connectivity index (χ0v) is 12.4. The number of hydrogen-bond donors (Lipinski definition) is 1. The van der Waals surface area contributed by atoms with Gasteiger partial charge in [0.2, 0.25) is 11.7 Å². The van der Waals surface area contributed by atoms with Crippen LogP contribution in [0.3, 0.4) is 0 Å². The van der Waals surface area contributed by atoms with Gasteiger partial charge in [0, 0.05) is 5.56 Å². The Morgan fingerprint density at radius 2 is 2.10 bits per heavy atom. The van der Waals surface area contributed by atoms with Gasteiger partial charge in [0.15, 0.2) is 0 Å². The van der Waals surface area contributed by atoms with Crippen LogP contribution in [0, 0.1) is 11.8 Å². The van der Waals surface area contributed by atoms with E-state index in [4.69, 9.17) is 4.52 Å². The molecular weight excluding hydrogens is 262 g/mol. The molecule has 3 atom stereocenters. The van der Waals surface area contributed by atoms with Crippen LogP contribution in [-0.2, 0) is 6.42 Å². The molecule has 2 heterocycles. The number of aryl methyl sites for hydroxylation is 1. The van der Waals surface area contributed by atoms with E-state index in [0.29, 0.717) is 11.7 Å². The SMILES string of the molecule is CCc1ccc(-c2noc(C3NCC4CCCC43)n2)cc1. The van der Waals surface area contributed by atoms with Gasteiger partial charge in [-0.2, -0.15) is 4.98 Å². The molecule has 1 aromatic heterocycles. The largest absolute Gasteiger partial charge is 0.337 e. The maximum Gasteiger partial charge on any atom is 0.244 e. The Bertz CT molecular complexity index is 619. The van der Waals surface area contributed by atoms with Crippen LogP contribution in [0.5, 0.6) is 0 Å². The van der Waals surface area contributed by atoms with Gasteiger partial charge in [-0.25, -0.2) is 0 Å². The summed E-state index contributed by atoms with van der Waals surface area (Å²) in [7, 11) is 0. The van der Waals surface area contributed by atoms with E-state index >= 15 is 0 Å². The first kappa shape index (κ1) is 13.0. The lowest BCUT2D eigenvalue weighted by Gasteiger charge is -2.13. The van der Waals surface area contributed by atoms with Gasteiger partial charge < -0.3 is 9.84 Å². The molecule has 0 bridgehead atoms. The van der Waals surface area contributed by atoms with Gasteiger partial charge in [0.05, 0.1) is 6.04 Å². The second-order valence-electron chi connectivity index (χ2n) is 6.25. The molecule has 21 heavy (non-hydrogen) atoms. The van der Waals surface area contributed by atoms with Crippen molar-refractivity contribution in [3.8, 4) is 11.4 Å². The normalized spacial score (nSPS) is 28.0. The summed E-state index contributed by atoms with van der Waals surface area (Å²) in [6.07, 6.45) is 5.01. The highest BCUT2D eigenvalue weighted by Gasteiger charge is 2.42. The number of nitrogens with one attached hydrogen (secondary N) is 1. The average Bonchev–Trinajstić information content (AvgIpc) is 3.23. The van der Waals surface area contributed by atoms with Crippen molar-refractivity contribution in [1.82, 2.24) is 15.5 Å². The summed E-state index contributed by atoms with van der Waals surface area (Å²) in [4.78, 5) is 4.64. The first-order valence-corrected chi connectivity index (χ1v) is 8.01. The van der Waals surface area contributed by atoms with Gasteiger partial charge in [-0.15, -0.1) is 0 Å². The van der Waals surface area contributed by atoms with Crippen LogP contribution < -0.4 is 5.32 Å². The summed E-state index contributed by atoms with van der Waals surface area (Å²) in [5.74, 6) is 2.95. The maximum atomic E-state index is 5.54. The van der Waals surface area contributed by atoms with E-state index < -0.39 is 0 Å². The van der Waals surface area contributed by atoms with Gasteiger partial charge >= 0.3 is 0 Å². The van der Waals surface area contributed by atoms with E-state index in [2.05, 4.69) is 46.6 Å². The Morgan fingerprint density at radius 1 is 1.24 bits per heavy atom. The summed E-state index contributed by atoms with van der Waals surface area (Å²) < 4.78 is 5.54.